The van der Waals surface area contributed by atoms with Crippen molar-refractivity contribution in [3.63, 3.8) is 0 Å². The third-order valence-electron chi connectivity index (χ3n) is 4.39. The molecule has 0 unspecified atom stereocenters. The van der Waals surface area contributed by atoms with Crippen LogP contribution in [0.3, 0.4) is 0 Å². The average Bonchev–Trinajstić information content (AvgIpc) is 2.74. The first kappa shape index (κ1) is 18.5. The highest BCUT2D eigenvalue weighted by Crippen LogP contribution is 2.23. The van der Waals surface area contributed by atoms with Crippen LogP contribution in [0, 0.1) is 0 Å². The third-order valence-corrected chi connectivity index (χ3v) is 4.39. The van der Waals surface area contributed by atoms with Gasteiger partial charge in [0.1, 0.15) is 5.75 Å². The van der Waals surface area contributed by atoms with Crippen molar-refractivity contribution in [2.45, 2.75) is 6.42 Å². The number of carbonyl (C=O) groups is 1. The Kier molecular flexibility index (Phi) is 6.05. The van der Waals surface area contributed by atoms with Gasteiger partial charge < -0.3 is 15.0 Å². The summed E-state index contributed by atoms with van der Waals surface area (Å²) in [6.45, 7) is 0.526. The summed E-state index contributed by atoms with van der Waals surface area (Å²) in [6, 6.07) is 19.6. The van der Waals surface area contributed by atoms with Crippen molar-refractivity contribution in [3.05, 3.63) is 84.2 Å². The number of nitrogens with zero attached hydrogens (tertiary/aromatic N) is 2. The molecule has 0 saturated carbocycles. The number of aromatic nitrogens is 1. The molecule has 5 nitrogen and oxygen atoms in total. The van der Waals surface area contributed by atoms with Crippen molar-refractivity contribution in [1.29, 1.82) is 0 Å². The highest BCUT2D eigenvalue weighted by atomic mass is 16.5. The Morgan fingerprint density at radius 3 is 2.56 bits per heavy atom. The largest absolute Gasteiger partial charge is 0.496 e. The molecule has 0 aliphatic rings. The van der Waals surface area contributed by atoms with Crippen LogP contribution in [0.15, 0.2) is 73.1 Å². The molecule has 2 aromatic carbocycles. The van der Waals surface area contributed by atoms with Crippen molar-refractivity contribution in [2.75, 3.05) is 25.6 Å². The summed E-state index contributed by atoms with van der Waals surface area (Å²) < 4.78 is 5.34. The number of hydrogen-bond donors (Lipinski definition) is 1. The van der Waals surface area contributed by atoms with Crippen molar-refractivity contribution >= 4 is 17.3 Å². The smallest absolute Gasteiger partial charge is 0.252 e. The second-order valence-corrected chi connectivity index (χ2v) is 6.14. The van der Waals surface area contributed by atoms with Crippen LogP contribution >= 0.6 is 0 Å². The van der Waals surface area contributed by atoms with E-state index in [9.17, 15) is 4.79 Å². The number of pyridine rings is 1. The lowest BCUT2D eigenvalue weighted by Crippen LogP contribution is -2.26. The molecule has 0 bridgehead atoms. The molecule has 0 fully saturated rings. The van der Waals surface area contributed by atoms with Crippen LogP contribution in [0.5, 0.6) is 5.75 Å². The van der Waals surface area contributed by atoms with Gasteiger partial charge in [-0.1, -0.05) is 36.4 Å². The van der Waals surface area contributed by atoms with Gasteiger partial charge in [-0.25, -0.2) is 0 Å². The van der Waals surface area contributed by atoms with E-state index in [-0.39, 0.29) is 5.91 Å². The molecule has 0 aliphatic heterocycles. The molecule has 0 saturated heterocycles. The van der Waals surface area contributed by atoms with E-state index in [0.29, 0.717) is 18.5 Å². The maximum Gasteiger partial charge on any atom is 0.252 e. The molecule has 27 heavy (non-hydrogen) atoms. The quantitative estimate of drug-likeness (QED) is 0.695. The summed E-state index contributed by atoms with van der Waals surface area (Å²) >= 11 is 0. The standard InChI is InChI=1S/C22H23N3O2/c1-25(19-9-4-3-5-10-19)20-14-18(15-23-16-20)22(26)24-13-12-17-8-6-7-11-21(17)27-2/h3-11,14-16H,12-13H2,1-2H3,(H,24,26). The second kappa shape index (κ2) is 8.85. The number of carbonyl (C=O) groups excluding carboxylic acids is 1. The Hall–Kier alpha value is -3.34. The molecule has 0 spiro atoms. The number of benzene rings is 2. The highest BCUT2D eigenvalue weighted by molar-refractivity contribution is 5.94. The fraction of sp³-hybridized carbons (Fsp3) is 0.182. The maximum atomic E-state index is 12.5. The summed E-state index contributed by atoms with van der Waals surface area (Å²) in [5.74, 6) is 0.695. The molecule has 1 heterocycles. The molecule has 0 atom stereocenters. The fourth-order valence-electron chi connectivity index (χ4n) is 2.86. The van der Waals surface area contributed by atoms with Crippen LogP contribution < -0.4 is 15.0 Å². The van der Waals surface area contributed by atoms with E-state index >= 15 is 0 Å². The summed E-state index contributed by atoms with van der Waals surface area (Å²) in [4.78, 5) is 18.7. The summed E-state index contributed by atoms with van der Waals surface area (Å²) in [7, 11) is 3.60. The molecule has 3 rings (SSSR count). The Morgan fingerprint density at radius 2 is 1.78 bits per heavy atom. The van der Waals surface area contributed by atoms with Crippen molar-refractivity contribution < 1.29 is 9.53 Å². The van der Waals surface area contributed by atoms with E-state index in [1.54, 1.807) is 19.5 Å². The van der Waals surface area contributed by atoms with Crippen LogP contribution in [0.2, 0.25) is 0 Å². The van der Waals surface area contributed by atoms with E-state index < -0.39 is 0 Å². The van der Waals surface area contributed by atoms with Gasteiger partial charge in [-0.3, -0.25) is 9.78 Å². The Bertz CT molecular complexity index is 897. The normalized spacial score (nSPS) is 10.3. The first-order chi connectivity index (χ1) is 13.2. The van der Waals surface area contributed by atoms with Gasteiger partial charge in [-0.05, 0) is 36.2 Å². The summed E-state index contributed by atoms with van der Waals surface area (Å²) in [5, 5.41) is 2.95. The molecule has 0 aliphatic carbocycles. The average molecular weight is 361 g/mol. The molecule has 3 aromatic rings. The first-order valence-corrected chi connectivity index (χ1v) is 8.83. The lowest BCUT2D eigenvalue weighted by molar-refractivity contribution is 0.0953. The fourth-order valence-corrected chi connectivity index (χ4v) is 2.86. The second-order valence-electron chi connectivity index (χ2n) is 6.14. The number of methoxy groups -OCH3 is 1. The monoisotopic (exact) mass is 361 g/mol. The summed E-state index contributed by atoms with van der Waals surface area (Å²) in [5.41, 5.74) is 3.50. The molecule has 1 aromatic heterocycles. The Balaban J connectivity index is 1.63. The van der Waals surface area contributed by atoms with E-state index in [1.807, 2.05) is 72.6 Å². The summed E-state index contributed by atoms with van der Waals surface area (Å²) in [6.07, 6.45) is 4.03. The van der Waals surface area contributed by atoms with Gasteiger partial charge in [0.05, 0.1) is 24.6 Å². The van der Waals surface area contributed by atoms with E-state index in [4.69, 9.17) is 4.74 Å². The van der Waals surface area contributed by atoms with Crippen LogP contribution in [-0.4, -0.2) is 31.6 Å². The predicted molar refractivity (Wildman–Crippen MR) is 108 cm³/mol. The molecule has 138 valence electrons. The number of anilines is 2. The van der Waals surface area contributed by atoms with Crippen LogP contribution in [0.25, 0.3) is 0 Å². The lowest BCUT2D eigenvalue weighted by atomic mass is 10.1. The van der Waals surface area contributed by atoms with Gasteiger partial charge in [0.2, 0.25) is 0 Å². The van der Waals surface area contributed by atoms with Crippen molar-refractivity contribution in [1.82, 2.24) is 10.3 Å². The number of para-hydroxylation sites is 2. The van der Waals surface area contributed by atoms with Gasteiger partial charge in [0.25, 0.3) is 5.91 Å². The highest BCUT2D eigenvalue weighted by Gasteiger charge is 2.10. The van der Waals surface area contributed by atoms with Gasteiger partial charge in [-0.15, -0.1) is 0 Å². The van der Waals surface area contributed by atoms with Gasteiger partial charge in [0.15, 0.2) is 0 Å². The van der Waals surface area contributed by atoms with Gasteiger partial charge in [0, 0.05) is 25.5 Å². The molecular formula is C22H23N3O2. The predicted octanol–water partition coefficient (Wildman–Crippen LogP) is 3.83. The van der Waals surface area contributed by atoms with Crippen molar-refractivity contribution in [3.8, 4) is 5.75 Å². The number of rotatable bonds is 7. The first-order valence-electron chi connectivity index (χ1n) is 8.83. The molecule has 5 heteroatoms. The zero-order valence-corrected chi connectivity index (χ0v) is 15.6. The number of nitrogens with one attached hydrogen (secondary N) is 1. The number of ether oxygens (including phenoxy) is 1. The molecule has 0 radical (unpaired) electrons. The maximum absolute atomic E-state index is 12.5. The molecular weight excluding hydrogens is 338 g/mol. The molecule has 1 N–H and O–H groups in total. The minimum absolute atomic E-state index is 0.138. The number of hydrogen-bond acceptors (Lipinski definition) is 4. The Labute approximate surface area is 159 Å². The topological polar surface area (TPSA) is 54.5 Å². The van der Waals surface area contributed by atoms with Crippen LogP contribution in [0.1, 0.15) is 15.9 Å². The molecule has 1 amide bonds. The lowest BCUT2D eigenvalue weighted by Gasteiger charge is -2.19. The minimum Gasteiger partial charge on any atom is -0.496 e. The number of amides is 1. The SMILES string of the molecule is COc1ccccc1CCNC(=O)c1cncc(N(C)c2ccccc2)c1. The van der Waals surface area contributed by atoms with Gasteiger partial charge in [-0.2, -0.15) is 0 Å². The Morgan fingerprint density at radius 1 is 1.04 bits per heavy atom. The van der Waals surface area contributed by atoms with Crippen molar-refractivity contribution in [2.24, 2.45) is 0 Å². The minimum atomic E-state index is -0.138. The van der Waals surface area contributed by atoms with Crippen LogP contribution in [-0.2, 0) is 6.42 Å². The third kappa shape index (κ3) is 4.64. The van der Waals surface area contributed by atoms with E-state index in [0.717, 1.165) is 22.7 Å². The zero-order chi connectivity index (χ0) is 19.1. The zero-order valence-electron chi connectivity index (χ0n) is 15.6. The van der Waals surface area contributed by atoms with E-state index in [1.165, 1.54) is 0 Å². The van der Waals surface area contributed by atoms with E-state index in [2.05, 4.69) is 10.3 Å². The van der Waals surface area contributed by atoms with Gasteiger partial charge >= 0.3 is 0 Å². The van der Waals surface area contributed by atoms with Crippen LogP contribution in [0.4, 0.5) is 11.4 Å².